The Morgan fingerprint density at radius 3 is 2.39 bits per heavy atom. The number of anilines is 1. The number of nitrogens with one attached hydrogen (secondary N) is 2. The number of hydrogen-bond donors (Lipinski definition) is 2. The second kappa shape index (κ2) is 8.41. The molecule has 3 aromatic rings. The van der Waals surface area contributed by atoms with Crippen LogP contribution in [0.3, 0.4) is 0 Å². The van der Waals surface area contributed by atoms with Crippen LogP contribution in [0.2, 0.25) is 0 Å². The van der Waals surface area contributed by atoms with Gasteiger partial charge >= 0.3 is 0 Å². The molecule has 0 aliphatic carbocycles. The van der Waals surface area contributed by atoms with E-state index in [1.807, 2.05) is 42.1 Å². The van der Waals surface area contributed by atoms with Crippen LogP contribution in [0.4, 0.5) is 5.82 Å². The summed E-state index contributed by atoms with van der Waals surface area (Å²) in [6.45, 7) is 4.20. The summed E-state index contributed by atoms with van der Waals surface area (Å²) in [5.41, 5.74) is 1.48. The molecular weight excluding hydrogens is 378 g/mol. The van der Waals surface area contributed by atoms with E-state index >= 15 is 0 Å². The summed E-state index contributed by atoms with van der Waals surface area (Å²) in [6, 6.07) is 10.7. The number of ether oxygens (including phenoxy) is 1. The highest BCUT2D eigenvalue weighted by Gasteiger charge is 2.18. The third-order valence-electron chi connectivity index (χ3n) is 4.44. The van der Waals surface area contributed by atoms with E-state index in [4.69, 9.17) is 4.74 Å². The van der Waals surface area contributed by atoms with Crippen LogP contribution in [0, 0.1) is 13.8 Å². The molecule has 0 radical (unpaired) electrons. The first-order chi connectivity index (χ1) is 13.4. The van der Waals surface area contributed by atoms with Crippen molar-refractivity contribution in [1.82, 2.24) is 19.5 Å². The van der Waals surface area contributed by atoms with Crippen molar-refractivity contribution in [3.8, 4) is 11.6 Å². The van der Waals surface area contributed by atoms with Crippen LogP contribution in [0.25, 0.3) is 5.82 Å². The van der Waals surface area contributed by atoms with Crippen LogP contribution in [-0.4, -0.2) is 43.4 Å². The molecule has 8 nitrogen and oxygen atoms in total. The zero-order valence-corrected chi connectivity index (χ0v) is 16.8. The quantitative estimate of drug-likeness (QED) is 0.562. The molecule has 3 rings (SSSR count). The first kappa shape index (κ1) is 19.8. The smallest absolute Gasteiger partial charge is 0.240 e. The SMILES string of the molecule is COc1ccc(S(=O)(=O)NCCNc2ccc(-n3cccc3)nn2)c(C)c1C. The van der Waals surface area contributed by atoms with E-state index in [-0.39, 0.29) is 11.4 Å². The summed E-state index contributed by atoms with van der Waals surface area (Å²) in [7, 11) is -2.05. The van der Waals surface area contributed by atoms with E-state index in [2.05, 4.69) is 20.2 Å². The number of nitrogens with zero attached hydrogens (tertiary/aromatic N) is 3. The zero-order chi connectivity index (χ0) is 20.1. The van der Waals surface area contributed by atoms with Crippen LogP contribution in [0.5, 0.6) is 5.75 Å². The molecule has 28 heavy (non-hydrogen) atoms. The molecule has 0 fully saturated rings. The third-order valence-corrected chi connectivity index (χ3v) is 6.05. The monoisotopic (exact) mass is 401 g/mol. The van der Waals surface area contributed by atoms with Crippen molar-refractivity contribution in [2.45, 2.75) is 18.7 Å². The summed E-state index contributed by atoms with van der Waals surface area (Å²) < 4.78 is 34.8. The molecule has 148 valence electrons. The average molecular weight is 401 g/mol. The van der Waals surface area contributed by atoms with Crippen molar-refractivity contribution in [3.63, 3.8) is 0 Å². The molecule has 2 heterocycles. The topological polar surface area (TPSA) is 98.1 Å². The van der Waals surface area contributed by atoms with Gasteiger partial charge in [0.25, 0.3) is 0 Å². The summed E-state index contributed by atoms with van der Waals surface area (Å²) in [5, 5.41) is 11.3. The highest BCUT2D eigenvalue weighted by molar-refractivity contribution is 7.89. The lowest BCUT2D eigenvalue weighted by Crippen LogP contribution is -2.29. The number of methoxy groups -OCH3 is 1. The molecular formula is C19H23N5O3S. The van der Waals surface area contributed by atoms with Gasteiger partial charge in [0.15, 0.2) is 5.82 Å². The predicted molar refractivity (Wildman–Crippen MR) is 108 cm³/mol. The lowest BCUT2D eigenvalue weighted by molar-refractivity contribution is 0.410. The van der Waals surface area contributed by atoms with E-state index in [1.54, 1.807) is 32.2 Å². The minimum Gasteiger partial charge on any atom is -0.496 e. The van der Waals surface area contributed by atoms with Crippen LogP contribution in [-0.2, 0) is 10.0 Å². The van der Waals surface area contributed by atoms with Gasteiger partial charge in [-0.05, 0) is 61.4 Å². The van der Waals surface area contributed by atoms with Gasteiger partial charge in [-0.1, -0.05) is 0 Å². The normalized spacial score (nSPS) is 11.4. The Hall–Kier alpha value is -2.91. The molecule has 9 heteroatoms. The van der Waals surface area contributed by atoms with Crippen molar-refractivity contribution in [1.29, 1.82) is 0 Å². The molecule has 0 unspecified atom stereocenters. The Bertz CT molecular complexity index is 1030. The van der Waals surface area contributed by atoms with Gasteiger partial charge in [-0.3, -0.25) is 0 Å². The van der Waals surface area contributed by atoms with Gasteiger partial charge in [-0.2, -0.15) is 0 Å². The minimum absolute atomic E-state index is 0.216. The standard InChI is InChI=1S/C19H23N5O3S/c1-14-15(2)17(7-6-16(14)27-3)28(25,26)21-11-10-20-18-8-9-19(23-22-18)24-12-4-5-13-24/h4-9,12-13,21H,10-11H2,1-3H3,(H,20,22). The molecule has 0 aliphatic rings. The maximum absolute atomic E-state index is 12.6. The van der Waals surface area contributed by atoms with Gasteiger partial charge in [0.05, 0.1) is 12.0 Å². The number of benzene rings is 1. The molecule has 2 aromatic heterocycles. The summed E-state index contributed by atoms with van der Waals surface area (Å²) in [6.07, 6.45) is 3.77. The van der Waals surface area contributed by atoms with Gasteiger partial charge in [0.1, 0.15) is 11.6 Å². The van der Waals surface area contributed by atoms with Crippen LogP contribution < -0.4 is 14.8 Å². The lowest BCUT2D eigenvalue weighted by atomic mass is 10.1. The Kier molecular flexibility index (Phi) is 5.96. The van der Waals surface area contributed by atoms with Crippen molar-refractivity contribution < 1.29 is 13.2 Å². The van der Waals surface area contributed by atoms with Crippen molar-refractivity contribution in [3.05, 3.63) is 59.9 Å². The molecule has 0 saturated heterocycles. The predicted octanol–water partition coefficient (Wildman–Crippen LogP) is 2.28. The van der Waals surface area contributed by atoms with Crippen molar-refractivity contribution >= 4 is 15.8 Å². The fourth-order valence-electron chi connectivity index (χ4n) is 2.78. The second-order valence-electron chi connectivity index (χ2n) is 6.21. The molecule has 0 atom stereocenters. The molecule has 0 aliphatic heterocycles. The highest BCUT2D eigenvalue weighted by atomic mass is 32.2. The zero-order valence-electron chi connectivity index (χ0n) is 16.0. The Balaban J connectivity index is 1.57. The fraction of sp³-hybridized carbons (Fsp3) is 0.263. The molecule has 1 aromatic carbocycles. The average Bonchev–Trinajstić information content (AvgIpc) is 3.22. The maximum atomic E-state index is 12.6. The van der Waals surface area contributed by atoms with E-state index < -0.39 is 10.0 Å². The minimum atomic E-state index is -3.61. The first-order valence-electron chi connectivity index (χ1n) is 8.77. The Labute approximate surface area is 164 Å². The van der Waals surface area contributed by atoms with E-state index in [0.29, 0.717) is 29.5 Å². The van der Waals surface area contributed by atoms with Crippen molar-refractivity contribution in [2.75, 3.05) is 25.5 Å². The van der Waals surface area contributed by atoms with Crippen LogP contribution >= 0.6 is 0 Å². The van der Waals surface area contributed by atoms with Crippen LogP contribution in [0.1, 0.15) is 11.1 Å². The molecule has 2 N–H and O–H groups in total. The fourth-order valence-corrected chi connectivity index (χ4v) is 4.11. The van der Waals surface area contributed by atoms with E-state index in [9.17, 15) is 8.42 Å². The molecule has 0 amide bonds. The second-order valence-corrected chi connectivity index (χ2v) is 7.94. The van der Waals surface area contributed by atoms with E-state index in [1.165, 1.54) is 0 Å². The maximum Gasteiger partial charge on any atom is 0.240 e. The third kappa shape index (κ3) is 4.32. The largest absolute Gasteiger partial charge is 0.496 e. The Morgan fingerprint density at radius 2 is 1.75 bits per heavy atom. The highest BCUT2D eigenvalue weighted by Crippen LogP contribution is 2.26. The van der Waals surface area contributed by atoms with Crippen LogP contribution in [0.15, 0.2) is 53.7 Å². The number of rotatable bonds is 8. The van der Waals surface area contributed by atoms with Gasteiger partial charge < -0.3 is 14.6 Å². The molecule has 0 spiro atoms. The van der Waals surface area contributed by atoms with Gasteiger partial charge in [-0.15, -0.1) is 10.2 Å². The number of hydrogen-bond acceptors (Lipinski definition) is 6. The summed E-state index contributed by atoms with van der Waals surface area (Å²) in [4.78, 5) is 0.252. The number of sulfonamides is 1. The van der Waals surface area contributed by atoms with Crippen molar-refractivity contribution in [2.24, 2.45) is 0 Å². The van der Waals surface area contributed by atoms with Gasteiger partial charge in [-0.25, -0.2) is 13.1 Å². The first-order valence-corrected chi connectivity index (χ1v) is 10.3. The summed E-state index contributed by atoms with van der Waals surface area (Å²) >= 11 is 0. The number of aromatic nitrogens is 3. The lowest BCUT2D eigenvalue weighted by Gasteiger charge is -2.14. The van der Waals surface area contributed by atoms with Gasteiger partial charge in [0.2, 0.25) is 10.0 Å². The molecule has 0 bridgehead atoms. The summed E-state index contributed by atoms with van der Waals surface area (Å²) in [5.74, 6) is 1.95. The molecule has 0 saturated carbocycles. The van der Waals surface area contributed by atoms with Gasteiger partial charge in [0, 0.05) is 25.5 Å². The van der Waals surface area contributed by atoms with E-state index in [0.717, 1.165) is 5.56 Å². The Morgan fingerprint density at radius 1 is 1.00 bits per heavy atom.